The van der Waals surface area contributed by atoms with Gasteiger partial charge in [0, 0.05) is 38.4 Å². The van der Waals surface area contributed by atoms with Gasteiger partial charge in [-0.15, -0.1) is 0 Å². The zero-order chi connectivity index (χ0) is 17.6. The van der Waals surface area contributed by atoms with E-state index < -0.39 is 0 Å². The normalized spacial score (nSPS) is 12.9. The predicted molar refractivity (Wildman–Crippen MR) is 101 cm³/mol. The predicted octanol–water partition coefficient (Wildman–Crippen LogP) is 3.40. The summed E-state index contributed by atoms with van der Waals surface area (Å²) >= 11 is 6.05. The Morgan fingerprint density at radius 1 is 1.25 bits per heavy atom. The van der Waals surface area contributed by atoms with E-state index in [4.69, 9.17) is 21.1 Å². The lowest BCUT2D eigenvalue weighted by Crippen LogP contribution is -2.38. The van der Waals surface area contributed by atoms with Crippen LogP contribution in [0.2, 0.25) is 5.02 Å². The second-order valence-corrected chi connectivity index (χ2v) is 5.77. The third-order valence-electron chi connectivity index (χ3n) is 3.48. The summed E-state index contributed by atoms with van der Waals surface area (Å²) in [4.78, 5) is 4.62. The van der Waals surface area contributed by atoms with Gasteiger partial charge in [0.05, 0.1) is 6.54 Å². The van der Waals surface area contributed by atoms with Gasteiger partial charge >= 0.3 is 0 Å². The van der Waals surface area contributed by atoms with E-state index in [0.717, 1.165) is 50.7 Å². The van der Waals surface area contributed by atoms with Crippen LogP contribution in [-0.4, -0.2) is 45.9 Å². The highest BCUT2D eigenvalue weighted by Crippen LogP contribution is 2.20. The zero-order valence-corrected chi connectivity index (χ0v) is 15.7. The number of hydrogen-bond donors (Lipinski definition) is 2. The van der Waals surface area contributed by atoms with Crippen molar-refractivity contribution < 1.29 is 9.47 Å². The highest BCUT2D eigenvalue weighted by molar-refractivity contribution is 6.30. The minimum Gasteiger partial charge on any atom is -0.382 e. The quantitative estimate of drug-likeness (QED) is 0.363. The van der Waals surface area contributed by atoms with E-state index in [1.165, 1.54) is 0 Å². The maximum absolute atomic E-state index is 6.05. The lowest BCUT2D eigenvalue weighted by molar-refractivity contribution is 0.111. The van der Waals surface area contributed by atoms with Gasteiger partial charge in [0.2, 0.25) is 0 Å². The highest BCUT2D eigenvalue weighted by Gasteiger charge is 2.10. The van der Waals surface area contributed by atoms with Crippen LogP contribution in [0.1, 0.15) is 38.4 Å². The van der Waals surface area contributed by atoms with Crippen LogP contribution in [0.25, 0.3) is 0 Å². The van der Waals surface area contributed by atoms with Crippen molar-refractivity contribution in [3.05, 3.63) is 34.9 Å². The topological polar surface area (TPSA) is 54.9 Å². The van der Waals surface area contributed by atoms with E-state index in [0.29, 0.717) is 11.6 Å². The standard InChI is InChI=1S/C18H30ClN3O2/c1-4-20-18(21-11-6-7-12-24-5-2)22-14-17(23-3)15-9-8-10-16(19)13-15/h8-10,13,17H,4-7,11-12,14H2,1-3H3,(H2,20,21,22). The molecule has 136 valence electrons. The monoisotopic (exact) mass is 355 g/mol. The molecule has 0 saturated heterocycles. The molecule has 1 atom stereocenters. The molecule has 0 radical (unpaired) electrons. The molecule has 6 heteroatoms. The molecule has 24 heavy (non-hydrogen) atoms. The molecule has 2 N–H and O–H groups in total. The van der Waals surface area contributed by atoms with E-state index in [-0.39, 0.29) is 6.10 Å². The van der Waals surface area contributed by atoms with Gasteiger partial charge in [-0.1, -0.05) is 23.7 Å². The van der Waals surface area contributed by atoms with E-state index in [9.17, 15) is 0 Å². The molecular weight excluding hydrogens is 326 g/mol. The first-order chi connectivity index (χ1) is 11.7. The zero-order valence-electron chi connectivity index (χ0n) is 15.0. The molecule has 0 fully saturated rings. The van der Waals surface area contributed by atoms with E-state index >= 15 is 0 Å². The fourth-order valence-electron chi connectivity index (χ4n) is 2.22. The summed E-state index contributed by atoms with van der Waals surface area (Å²) < 4.78 is 10.9. The molecule has 1 aromatic rings. The van der Waals surface area contributed by atoms with Crippen molar-refractivity contribution >= 4 is 17.6 Å². The van der Waals surface area contributed by atoms with Crippen LogP contribution in [0.5, 0.6) is 0 Å². The van der Waals surface area contributed by atoms with E-state index in [1.54, 1.807) is 7.11 Å². The number of hydrogen-bond acceptors (Lipinski definition) is 3. The molecule has 0 saturated carbocycles. The first kappa shape index (κ1) is 20.7. The van der Waals surface area contributed by atoms with Crippen molar-refractivity contribution in [2.45, 2.75) is 32.8 Å². The lowest BCUT2D eigenvalue weighted by atomic mass is 10.1. The molecule has 0 bridgehead atoms. The number of guanidine groups is 1. The Bertz CT molecular complexity index is 483. The molecule has 0 aromatic heterocycles. The van der Waals surface area contributed by atoms with Crippen LogP contribution >= 0.6 is 11.6 Å². The number of aliphatic imine (C=N–C) groups is 1. The lowest BCUT2D eigenvalue weighted by Gasteiger charge is -2.16. The van der Waals surface area contributed by atoms with Crippen molar-refractivity contribution in [3.63, 3.8) is 0 Å². The SMILES string of the molecule is CCNC(=NCC(OC)c1cccc(Cl)c1)NCCCCOCC. The largest absolute Gasteiger partial charge is 0.382 e. The van der Waals surface area contributed by atoms with Crippen molar-refractivity contribution in [1.29, 1.82) is 0 Å². The number of rotatable bonds is 11. The highest BCUT2D eigenvalue weighted by atomic mass is 35.5. The third kappa shape index (κ3) is 8.52. The van der Waals surface area contributed by atoms with Crippen LogP contribution in [0, 0.1) is 0 Å². The molecule has 5 nitrogen and oxygen atoms in total. The summed E-state index contributed by atoms with van der Waals surface area (Å²) in [7, 11) is 1.69. The van der Waals surface area contributed by atoms with E-state index in [2.05, 4.69) is 22.5 Å². The van der Waals surface area contributed by atoms with Crippen molar-refractivity contribution in [1.82, 2.24) is 10.6 Å². The molecule has 0 spiro atoms. The van der Waals surface area contributed by atoms with Gasteiger partial charge in [0.25, 0.3) is 0 Å². The number of nitrogens with one attached hydrogen (secondary N) is 2. The van der Waals surface area contributed by atoms with Gasteiger partial charge in [0.15, 0.2) is 5.96 Å². The number of benzene rings is 1. The maximum atomic E-state index is 6.05. The van der Waals surface area contributed by atoms with Gasteiger partial charge in [-0.2, -0.15) is 0 Å². The molecule has 0 aliphatic heterocycles. The van der Waals surface area contributed by atoms with Gasteiger partial charge in [-0.3, -0.25) is 4.99 Å². The Morgan fingerprint density at radius 3 is 2.75 bits per heavy atom. The first-order valence-corrected chi connectivity index (χ1v) is 8.97. The molecule has 1 aromatic carbocycles. The third-order valence-corrected chi connectivity index (χ3v) is 3.71. The average Bonchev–Trinajstić information content (AvgIpc) is 2.58. The number of nitrogens with zero attached hydrogens (tertiary/aromatic N) is 1. The summed E-state index contributed by atoms with van der Waals surface area (Å²) in [6.45, 7) is 7.88. The van der Waals surface area contributed by atoms with Crippen LogP contribution in [0.15, 0.2) is 29.3 Å². The van der Waals surface area contributed by atoms with Crippen LogP contribution in [0.3, 0.4) is 0 Å². The van der Waals surface area contributed by atoms with Gasteiger partial charge in [-0.25, -0.2) is 0 Å². The van der Waals surface area contributed by atoms with Crippen molar-refractivity contribution in [3.8, 4) is 0 Å². The van der Waals surface area contributed by atoms with Crippen LogP contribution in [0.4, 0.5) is 0 Å². The second kappa shape index (κ2) is 13.0. The molecule has 0 aliphatic carbocycles. The minimum atomic E-state index is -0.114. The molecule has 1 unspecified atom stereocenters. The van der Waals surface area contributed by atoms with Gasteiger partial charge < -0.3 is 20.1 Å². The van der Waals surface area contributed by atoms with Crippen molar-refractivity contribution in [2.75, 3.05) is 40.0 Å². The molecule has 0 amide bonds. The Hall–Kier alpha value is -1.30. The summed E-state index contributed by atoms with van der Waals surface area (Å²) in [6, 6.07) is 7.70. The minimum absolute atomic E-state index is 0.114. The number of unbranched alkanes of at least 4 members (excludes halogenated alkanes) is 1. The smallest absolute Gasteiger partial charge is 0.191 e. The second-order valence-electron chi connectivity index (χ2n) is 5.33. The first-order valence-electron chi connectivity index (χ1n) is 8.59. The Kier molecular flexibility index (Phi) is 11.3. The number of halogens is 1. The van der Waals surface area contributed by atoms with Gasteiger partial charge in [0.1, 0.15) is 6.10 Å². The van der Waals surface area contributed by atoms with E-state index in [1.807, 2.05) is 31.2 Å². The Balaban J connectivity index is 2.50. The molecular formula is C18H30ClN3O2. The van der Waals surface area contributed by atoms with Gasteiger partial charge in [-0.05, 0) is 44.4 Å². The fourth-order valence-corrected chi connectivity index (χ4v) is 2.42. The molecule has 0 aliphatic rings. The Morgan fingerprint density at radius 2 is 2.08 bits per heavy atom. The summed E-state index contributed by atoms with van der Waals surface area (Å²) in [5, 5.41) is 7.30. The van der Waals surface area contributed by atoms with Crippen molar-refractivity contribution in [2.24, 2.45) is 4.99 Å². The van der Waals surface area contributed by atoms with Crippen LogP contribution < -0.4 is 10.6 Å². The fraction of sp³-hybridized carbons (Fsp3) is 0.611. The van der Waals surface area contributed by atoms with Crippen LogP contribution in [-0.2, 0) is 9.47 Å². The number of methoxy groups -OCH3 is 1. The summed E-state index contributed by atoms with van der Waals surface area (Å²) in [5.41, 5.74) is 1.03. The summed E-state index contributed by atoms with van der Waals surface area (Å²) in [5.74, 6) is 0.804. The maximum Gasteiger partial charge on any atom is 0.191 e. The molecule has 0 heterocycles. The number of ether oxygens (including phenoxy) is 2. The molecule has 1 rings (SSSR count). The average molecular weight is 356 g/mol. The summed E-state index contributed by atoms with van der Waals surface area (Å²) in [6.07, 6.45) is 1.98. The Labute approximate surface area is 150 Å².